The zero-order chi connectivity index (χ0) is 18.4. The Balaban J connectivity index is 0.00000338. The van der Waals surface area contributed by atoms with Gasteiger partial charge in [0.25, 0.3) is 0 Å². The maximum absolute atomic E-state index is 11.6. The lowest BCUT2D eigenvalue weighted by Crippen LogP contribution is -2.44. The van der Waals surface area contributed by atoms with Crippen LogP contribution in [0.15, 0.2) is 21.6 Å². The van der Waals surface area contributed by atoms with Crippen molar-refractivity contribution in [3.63, 3.8) is 0 Å². The van der Waals surface area contributed by atoms with Gasteiger partial charge in [-0.3, -0.25) is 0 Å². The van der Waals surface area contributed by atoms with Gasteiger partial charge in [-0.1, -0.05) is 15.9 Å². The Hall–Kier alpha value is -0.750. The number of nitrogens with zero attached hydrogens (tertiary/aromatic N) is 1. The summed E-state index contributed by atoms with van der Waals surface area (Å²) in [6.07, 6.45) is 0.604. The Bertz CT molecular complexity index is 743. The lowest BCUT2D eigenvalue weighted by atomic mass is 10.2. The van der Waals surface area contributed by atoms with Gasteiger partial charge in [0, 0.05) is 17.1 Å². The molecule has 10 heteroatoms. The fraction of sp³-hybridized carbons (Fsp3) is 0.562. The van der Waals surface area contributed by atoms with Gasteiger partial charge >= 0.3 is 0 Å². The molecule has 1 unspecified atom stereocenters. The third-order valence-electron chi connectivity index (χ3n) is 3.88. The molecule has 0 bridgehead atoms. The Morgan fingerprint density at radius 3 is 2.50 bits per heavy atom. The molecule has 0 aliphatic carbocycles. The molecule has 1 aromatic rings. The second-order valence-corrected chi connectivity index (χ2v) is 8.82. The molecular weight excluding hydrogens is 537 g/mol. The number of benzene rings is 1. The molecule has 1 heterocycles. The van der Waals surface area contributed by atoms with Crippen molar-refractivity contribution in [1.82, 2.24) is 10.6 Å². The van der Waals surface area contributed by atoms with Crippen molar-refractivity contribution < 1.29 is 17.9 Å². The van der Waals surface area contributed by atoms with Crippen molar-refractivity contribution in [2.45, 2.75) is 25.9 Å². The fourth-order valence-corrected chi connectivity index (χ4v) is 4.72. The van der Waals surface area contributed by atoms with Gasteiger partial charge in [-0.05, 0) is 31.0 Å². The lowest BCUT2D eigenvalue weighted by molar-refractivity contribution is 0.354. The molecule has 2 rings (SSSR count). The van der Waals surface area contributed by atoms with Crippen molar-refractivity contribution in [3.8, 4) is 11.5 Å². The van der Waals surface area contributed by atoms with Crippen molar-refractivity contribution in [2.24, 2.45) is 4.99 Å². The molecule has 0 saturated carbocycles. The summed E-state index contributed by atoms with van der Waals surface area (Å²) in [7, 11) is 0.247. The Labute approximate surface area is 180 Å². The molecule has 0 aromatic heterocycles. The number of hydrogen-bond acceptors (Lipinski definition) is 5. The van der Waals surface area contributed by atoms with Crippen LogP contribution in [0.5, 0.6) is 11.5 Å². The monoisotopic (exact) mass is 561 g/mol. The number of halogens is 2. The standard InChI is InChI=1S/C16H24BrN3O4S.HI/c1-4-18-16(20-12-5-6-25(21,22)10-12)19-9-11-7-14(23-2)15(24-3)8-13(11)17;/h7-8,12H,4-6,9-10H2,1-3H3,(H2,18,19,20);1H. The van der Waals surface area contributed by atoms with E-state index in [0.717, 1.165) is 10.0 Å². The van der Waals surface area contributed by atoms with Crippen LogP contribution >= 0.6 is 39.9 Å². The summed E-state index contributed by atoms with van der Waals surface area (Å²) in [5, 5.41) is 6.35. The molecule has 0 spiro atoms. The number of sulfone groups is 1. The molecule has 26 heavy (non-hydrogen) atoms. The summed E-state index contributed by atoms with van der Waals surface area (Å²) in [5.41, 5.74) is 0.939. The van der Waals surface area contributed by atoms with E-state index in [1.807, 2.05) is 19.1 Å². The minimum atomic E-state index is -2.93. The number of ether oxygens (including phenoxy) is 2. The van der Waals surface area contributed by atoms with E-state index in [4.69, 9.17) is 9.47 Å². The molecule has 1 aliphatic rings. The maximum Gasteiger partial charge on any atom is 0.191 e. The number of methoxy groups -OCH3 is 2. The highest BCUT2D eigenvalue weighted by atomic mass is 127. The van der Waals surface area contributed by atoms with Crippen LogP contribution in [-0.2, 0) is 16.4 Å². The minimum Gasteiger partial charge on any atom is -0.493 e. The van der Waals surface area contributed by atoms with Crippen LogP contribution < -0.4 is 20.1 Å². The van der Waals surface area contributed by atoms with E-state index in [2.05, 4.69) is 31.6 Å². The van der Waals surface area contributed by atoms with E-state index >= 15 is 0 Å². The van der Waals surface area contributed by atoms with E-state index in [9.17, 15) is 8.42 Å². The van der Waals surface area contributed by atoms with Crippen LogP contribution in [-0.4, -0.2) is 52.7 Å². The third-order valence-corrected chi connectivity index (χ3v) is 6.38. The summed E-state index contributed by atoms with van der Waals surface area (Å²) in [6, 6.07) is 3.61. The van der Waals surface area contributed by atoms with Gasteiger partial charge in [-0.15, -0.1) is 24.0 Å². The molecule has 1 aliphatic heterocycles. The normalized spacial score (nSPS) is 18.8. The fourth-order valence-electron chi connectivity index (χ4n) is 2.60. The Morgan fingerprint density at radius 2 is 1.96 bits per heavy atom. The topological polar surface area (TPSA) is 89.0 Å². The quantitative estimate of drug-likeness (QED) is 0.315. The van der Waals surface area contributed by atoms with Gasteiger partial charge in [0.2, 0.25) is 0 Å². The summed E-state index contributed by atoms with van der Waals surface area (Å²) >= 11 is 3.52. The van der Waals surface area contributed by atoms with Crippen LogP contribution in [0, 0.1) is 0 Å². The summed E-state index contributed by atoms with van der Waals surface area (Å²) in [6.45, 7) is 3.07. The largest absolute Gasteiger partial charge is 0.493 e. The lowest BCUT2D eigenvalue weighted by Gasteiger charge is -2.16. The number of aliphatic imine (C=N–C) groups is 1. The predicted molar refractivity (Wildman–Crippen MR) is 118 cm³/mol. The van der Waals surface area contributed by atoms with Crippen LogP contribution in [0.3, 0.4) is 0 Å². The third kappa shape index (κ3) is 6.45. The SMILES string of the molecule is CCNC(=NCc1cc(OC)c(OC)cc1Br)NC1CCS(=O)(=O)C1.I. The van der Waals surface area contributed by atoms with Crippen molar-refractivity contribution in [1.29, 1.82) is 0 Å². The minimum absolute atomic E-state index is 0. The highest BCUT2D eigenvalue weighted by Crippen LogP contribution is 2.33. The molecule has 148 valence electrons. The second-order valence-electron chi connectivity index (χ2n) is 5.74. The summed E-state index contributed by atoms with van der Waals surface area (Å²) in [5.74, 6) is 2.26. The molecule has 0 radical (unpaired) electrons. The van der Waals surface area contributed by atoms with E-state index in [1.165, 1.54) is 0 Å². The first-order chi connectivity index (χ1) is 11.9. The van der Waals surface area contributed by atoms with E-state index < -0.39 is 9.84 Å². The second kappa shape index (κ2) is 10.5. The van der Waals surface area contributed by atoms with E-state index in [0.29, 0.717) is 37.0 Å². The summed E-state index contributed by atoms with van der Waals surface area (Å²) in [4.78, 5) is 4.56. The highest BCUT2D eigenvalue weighted by molar-refractivity contribution is 14.0. The van der Waals surface area contributed by atoms with Gasteiger partial charge in [-0.2, -0.15) is 0 Å². The average molecular weight is 562 g/mol. The first-order valence-electron chi connectivity index (χ1n) is 8.04. The van der Waals surface area contributed by atoms with Gasteiger partial charge in [0.15, 0.2) is 27.3 Å². The van der Waals surface area contributed by atoms with Crippen LogP contribution in [0.2, 0.25) is 0 Å². The molecule has 1 fully saturated rings. The van der Waals surface area contributed by atoms with Crippen molar-refractivity contribution in [3.05, 3.63) is 22.2 Å². The molecule has 1 saturated heterocycles. The Kier molecular flexibility index (Phi) is 9.45. The van der Waals surface area contributed by atoms with E-state index in [1.54, 1.807) is 14.2 Å². The van der Waals surface area contributed by atoms with Gasteiger partial charge < -0.3 is 20.1 Å². The Morgan fingerprint density at radius 1 is 1.31 bits per heavy atom. The first kappa shape index (κ1) is 23.3. The molecule has 2 N–H and O–H groups in total. The van der Waals surface area contributed by atoms with Crippen LogP contribution in [0.25, 0.3) is 0 Å². The predicted octanol–water partition coefficient (Wildman–Crippen LogP) is 2.33. The first-order valence-corrected chi connectivity index (χ1v) is 10.7. The molecule has 1 atom stereocenters. The summed E-state index contributed by atoms with van der Waals surface area (Å²) < 4.78 is 34.7. The number of hydrogen-bond donors (Lipinski definition) is 2. The zero-order valence-corrected chi connectivity index (χ0v) is 19.8. The average Bonchev–Trinajstić information content (AvgIpc) is 2.92. The highest BCUT2D eigenvalue weighted by Gasteiger charge is 2.28. The zero-order valence-electron chi connectivity index (χ0n) is 15.0. The van der Waals surface area contributed by atoms with Crippen molar-refractivity contribution >= 4 is 55.7 Å². The van der Waals surface area contributed by atoms with E-state index in [-0.39, 0.29) is 41.5 Å². The molecule has 1 aromatic carbocycles. The van der Waals surface area contributed by atoms with Crippen LogP contribution in [0.1, 0.15) is 18.9 Å². The number of nitrogens with one attached hydrogen (secondary N) is 2. The smallest absolute Gasteiger partial charge is 0.191 e. The molecule has 7 nitrogen and oxygen atoms in total. The van der Waals surface area contributed by atoms with Gasteiger partial charge in [0.1, 0.15) is 0 Å². The number of guanidine groups is 1. The van der Waals surface area contributed by atoms with Crippen molar-refractivity contribution in [2.75, 3.05) is 32.3 Å². The van der Waals surface area contributed by atoms with Crippen LogP contribution in [0.4, 0.5) is 0 Å². The molecular formula is C16H25BrIN3O4S. The maximum atomic E-state index is 11.6. The number of rotatable bonds is 6. The van der Waals surface area contributed by atoms with Gasteiger partial charge in [0.05, 0.1) is 32.3 Å². The van der Waals surface area contributed by atoms with Gasteiger partial charge in [-0.25, -0.2) is 13.4 Å². The molecule has 0 amide bonds.